The Morgan fingerprint density at radius 1 is 0.900 bits per heavy atom. The highest BCUT2D eigenvalue weighted by Crippen LogP contribution is 2.17. The van der Waals surface area contributed by atoms with E-state index in [1.807, 2.05) is 36.4 Å². The van der Waals surface area contributed by atoms with Crippen molar-refractivity contribution >= 4 is 22.0 Å². The monoisotopic (exact) mass is 263 g/mol. The van der Waals surface area contributed by atoms with Gasteiger partial charge in [0.1, 0.15) is 16.6 Å². The lowest BCUT2D eigenvalue weighted by molar-refractivity contribution is 0.560. The highest BCUT2D eigenvalue weighted by atomic mass is 16.4. The fourth-order valence-electron chi connectivity index (χ4n) is 2.15. The molecule has 0 amide bonds. The Morgan fingerprint density at radius 3 is 2.35 bits per heavy atom. The third-order valence-electron chi connectivity index (χ3n) is 3.12. The van der Waals surface area contributed by atoms with Crippen LogP contribution in [0.1, 0.15) is 0 Å². The molecule has 0 atom stereocenters. The third kappa shape index (κ3) is 1.68. The molecular formula is C15H9N3O2. The summed E-state index contributed by atoms with van der Waals surface area (Å²) in [6, 6.07) is 16.3. The molecule has 4 rings (SSSR count). The first-order chi connectivity index (χ1) is 9.79. The second-order valence-electron chi connectivity index (χ2n) is 4.45. The van der Waals surface area contributed by atoms with Crippen LogP contribution >= 0.6 is 0 Å². The van der Waals surface area contributed by atoms with Gasteiger partial charge in [-0.1, -0.05) is 12.1 Å². The van der Waals surface area contributed by atoms with Gasteiger partial charge in [-0.05, 0) is 30.3 Å². The van der Waals surface area contributed by atoms with Crippen molar-refractivity contribution in [3.8, 4) is 5.69 Å². The Labute approximate surface area is 113 Å². The molecule has 20 heavy (non-hydrogen) atoms. The van der Waals surface area contributed by atoms with E-state index in [0.717, 1.165) is 22.1 Å². The summed E-state index contributed by atoms with van der Waals surface area (Å²) in [5.74, 6) is 0. The summed E-state index contributed by atoms with van der Waals surface area (Å²) >= 11 is 0. The van der Waals surface area contributed by atoms with Crippen molar-refractivity contribution in [2.45, 2.75) is 0 Å². The Kier molecular flexibility index (Phi) is 2.20. The zero-order valence-corrected chi connectivity index (χ0v) is 10.4. The molecule has 0 saturated carbocycles. The number of nitrogens with zero attached hydrogens (tertiary/aromatic N) is 3. The average Bonchev–Trinajstić information content (AvgIpc) is 2.90. The maximum atomic E-state index is 11.3. The van der Waals surface area contributed by atoms with Crippen LogP contribution in [0.25, 0.3) is 27.7 Å². The molecule has 0 radical (unpaired) electrons. The molecule has 2 aromatic heterocycles. The largest absolute Gasteiger partial charge is 0.423 e. The Morgan fingerprint density at radius 2 is 1.60 bits per heavy atom. The molecule has 0 N–H and O–H groups in total. The van der Waals surface area contributed by atoms with Crippen LogP contribution in [0, 0.1) is 0 Å². The van der Waals surface area contributed by atoms with E-state index in [0.29, 0.717) is 5.58 Å². The van der Waals surface area contributed by atoms with Crippen LogP contribution in [0.15, 0.2) is 63.8 Å². The van der Waals surface area contributed by atoms with Crippen molar-refractivity contribution in [3.05, 3.63) is 65.0 Å². The highest BCUT2D eigenvalue weighted by molar-refractivity contribution is 5.79. The van der Waals surface area contributed by atoms with E-state index in [2.05, 4.69) is 10.2 Å². The smallest absolute Gasteiger partial charge is 0.336 e. The lowest BCUT2D eigenvalue weighted by Gasteiger charge is -2.00. The van der Waals surface area contributed by atoms with Crippen LogP contribution in [0.2, 0.25) is 0 Å². The quantitative estimate of drug-likeness (QED) is 0.495. The SMILES string of the molecule is O=c1ccc2ccc(-n3nc4ccccc4n3)cc2o1. The maximum absolute atomic E-state index is 11.3. The van der Waals surface area contributed by atoms with Crippen LogP contribution in [-0.4, -0.2) is 15.0 Å². The number of hydrogen-bond donors (Lipinski definition) is 0. The molecule has 5 nitrogen and oxygen atoms in total. The molecule has 0 spiro atoms. The van der Waals surface area contributed by atoms with E-state index in [9.17, 15) is 4.79 Å². The lowest BCUT2D eigenvalue weighted by Crippen LogP contribution is -1.99. The molecule has 5 heteroatoms. The molecule has 0 unspecified atom stereocenters. The van der Waals surface area contributed by atoms with Crippen LogP contribution in [0.3, 0.4) is 0 Å². The minimum absolute atomic E-state index is 0.367. The van der Waals surface area contributed by atoms with Gasteiger partial charge in [0.25, 0.3) is 0 Å². The molecule has 0 aliphatic heterocycles. The van der Waals surface area contributed by atoms with Gasteiger partial charge in [0, 0.05) is 17.5 Å². The Hall–Kier alpha value is -2.95. The van der Waals surface area contributed by atoms with E-state index in [-0.39, 0.29) is 5.63 Å². The van der Waals surface area contributed by atoms with Gasteiger partial charge in [0.15, 0.2) is 0 Å². The molecule has 0 aliphatic carbocycles. The number of aromatic nitrogens is 3. The number of rotatable bonds is 1. The fourth-order valence-corrected chi connectivity index (χ4v) is 2.15. The number of fused-ring (bicyclic) bond motifs is 2. The summed E-state index contributed by atoms with van der Waals surface area (Å²) in [6.07, 6.45) is 0. The predicted molar refractivity (Wildman–Crippen MR) is 74.9 cm³/mol. The molecular weight excluding hydrogens is 254 g/mol. The van der Waals surface area contributed by atoms with Gasteiger partial charge < -0.3 is 4.42 Å². The summed E-state index contributed by atoms with van der Waals surface area (Å²) in [5, 5.41) is 9.66. The van der Waals surface area contributed by atoms with Crippen molar-refractivity contribution in [1.29, 1.82) is 0 Å². The summed E-state index contributed by atoms with van der Waals surface area (Å²) in [5.41, 5.74) is 2.55. The standard InChI is InChI=1S/C15H9N3O2/c19-15-8-6-10-5-7-11(9-14(10)20-15)18-16-12-3-1-2-4-13(12)17-18/h1-9H. The minimum Gasteiger partial charge on any atom is -0.423 e. The van der Waals surface area contributed by atoms with Crippen molar-refractivity contribution in [3.63, 3.8) is 0 Å². The van der Waals surface area contributed by atoms with Crippen molar-refractivity contribution in [2.75, 3.05) is 0 Å². The molecule has 4 aromatic rings. The number of benzene rings is 2. The van der Waals surface area contributed by atoms with Gasteiger partial charge >= 0.3 is 5.63 Å². The fraction of sp³-hybridized carbons (Fsp3) is 0. The van der Waals surface area contributed by atoms with Gasteiger partial charge in [0.05, 0.1) is 5.69 Å². The van der Waals surface area contributed by atoms with Crippen LogP contribution < -0.4 is 5.63 Å². The van der Waals surface area contributed by atoms with Crippen LogP contribution in [0.4, 0.5) is 0 Å². The third-order valence-corrected chi connectivity index (χ3v) is 3.12. The first kappa shape index (κ1) is 10.9. The predicted octanol–water partition coefficient (Wildman–Crippen LogP) is 2.53. The molecule has 0 saturated heterocycles. The molecule has 96 valence electrons. The van der Waals surface area contributed by atoms with Crippen molar-refractivity contribution in [1.82, 2.24) is 15.0 Å². The van der Waals surface area contributed by atoms with Crippen molar-refractivity contribution < 1.29 is 4.42 Å². The van der Waals surface area contributed by atoms with Crippen molar-refractivity contribution in [2.24, 2.45) is 0 Å². The topological polar surface area (TPSA) is 60.9 Å². The first-order valence-electron chi connectivity index (χ1n) is 6.16. The van der Waals surface area contributed by atoms with Gasteiger partial charge in [-0.25, -0.2) is 4.79 Å². The van der Waals surface area contributed by atoms with Gasteiger partial charge in [0.2, 0.25) is 0 Å². The van der Waals surface area contributed by atoms with Gasteiger partial charge in [-0.15, -0.1) is 10.2 Å². The second-order valence-corrected chi connectivity index (χ2v) is 4.45. The Bertz CT molecular complexity index is 952. The zero-order valence-electron chi connectivity index (χ0n) is 10.4. The summed E-state index contributed by atoms with van der Waals surface area (Å²) in [7, 11) is 0. The first-order valence-corrected chi connectivity index (χ1v) is 6.16. The van der Waals surface area contributed by atoms with E-state index < -0.39 is 0 Å². The van der Waals surface area contributed by atoms with Gasteiger partial charge in [-0.3, -0.25) is 0 Å². The summed E-state index contributed by atoms with van der Waals surface area (Å²) in [4.78, 5) is 12.8. The van der Waals surface area contributed by atoms with Crippen LogP contribution in [-0.2, 0) is 0 Å². The molecule has 2 aromatic carbocycles. The maximum Gasteiger partial charge on any atom is 0.336 e. The van der Waals surface area contributed by atoms with E-state index in [1.54, 1.807) is 12.1 Å². The van der Waals surface area contributed by atoms with E-state index in [4.69, 9.17) is 4.42 Å². The molecule has 0 fully saturated rings. The molecule has 0 aliphatic rings. The molecule has 0 bridgehead atoms. The summed E-state index contributed by atoms with van der Waals surface area (Å²) < 4.78 is 5.17. The minimum atomic E-state index is -0.367. The average molecular weight is 263 g/mol. The zero-order chi connectivity index (χ0) is 13.5. The van der Waals surface area contributed by atoms with Crippen LogP contribution in [0.5, 0.6) is 0 Å². The summed E-state index contributed by atoms with van der Waals surface area (Å²) in [6.45, 7) is 0. The normalized spacial score (nSPS) is 11.2. The Balaban J connectivity index is 1.94. The molecule has 2 heterocycles. The van der Waals surface area contributed by atoms with E-state index in [1.165, 1.54) is 10.9 Å². The van der Waals surface area contributed by atoms with Gasteiger partial charge in [-0.2, -0.15) is 4.80 Å². The second kappa shape index (κ2) is 4.03. The van der Waals surface area contributed by atoms with E-state index >= 15 is 0 Å². The number of hydrogen-bond acceptors (Lipinski definition) is 4. The highest BCUT2D eigenvalue weighted by Gasteiger charge is 2.05. The lowest BCUT2D eigenvalue weighted by atomic mass is 10.2.